The van der Waals surface area contributed by atoms with Gasteiger partial charge in [-0.1, -0.05) is 5.57 Å². The van der Waals surface area contributed by atoms with E-state index >= 15 is 0 Å². The number of carbonyl (C=O) groups is 1. The fraction of sp³-hybridized carbons (Fsp3) is 0.667. The van der Waals surface area contributed by atoms with E-state index in [9.17, 15) is 22.4 Å². The van der Waals surface area contributed by atoms with Crippen LogP contribution in [0.1, 0.15) is 20.8 Å². The molecule has 88 valence electrons. The maximum atomic E-state index is 12.3. The van der Waals surface area contributed by atoms with Crippen LogP contribution in [0.3, 0.4) is 0 Å². The van der Waals surface area contributed by atoms with Gasteiger partial charge in [0.25, 0.3) is 0 Å². The van der Waals surface area contributed by atoms with Crippen molar-refractivity contribution >= 4 is 5.97 Å². The Hall–Kier alpha value is -1.07. The van der Waals surface area contributed by atoms with E-state index in [1.54, 1.807) is 13.8 Å². The van der Waals surface area contributed by atoms with Crippen LogP contribution in [0.2, 0.25) is 0 Å². The van der Waals surface area contributed by atoms with Gasteiger partial charge in [-0.3, -0.25) is 0 Å². The number of esters is 1. The van der Waals surface area contributed by atoms with E-state index < -0.39 is 24.9 Å². The summed E-state index contributed by atoms with van der Waals surface area (Å²) >= 11 is 0. The van der Waals surface area contributed by atoms with Crippen LogP contribution in [0.5, 0.6) is 0 Å². The van der Waals surface area contributed by atoms with Crippen LogP contribution in [0.15, 0.2) is 11.1 Å². The van der Waals surface area contributed by atoms with Gasteiger partial charge in [0, 0.05) is 5.57 Å². The topological polar surface area (TPSA) is 26.3 Å². The molecule has 15 heavy (non-hydrogen) atoms. The first-order chi connectivity index (χ1) is 6.68. The Morgan fingerprint density at radius 1 is 1.27 bits per heavy atom. The molecular formula is C9H12F4O2. The highest BCUT2D eigenvalue weighted by Gasteiger charge is 2.42. The van der Waals surface area contributed by atoms with Gasteiger partial charge in [0.2, 0.25) is 0 Å². The van der Waals surface area contributed by atoms with Crippen LogP contribution < -0.4 is 0 Å². The van der Waals surface area contributed by atoms with Crippen molar-refractivity contribution in [1.82, 2.24) is 0 Å². The Bertz CT molecular complexity index is 267. The van der Waals surface area contributed by atoms with E-state index in [1.807, 2.05) is 0 Å². The summed E-state index contributed by atoms with van der Waals surface area (Å²) in [7, 11) is 0. The Kier molecular flexibility index (Phi) is 4.77. The predicted molar refractivity (Wildman–Crippen MR) is 46.0 cm³/mol. The van der Waals surface area contributed by atoms with Crippen LogP contribution in [0.25, 0.3) is 0 Å². The third-order valence-electron chi connectivity index (χ3n) is 1.77. The van der Waals surface area contributed by atoms with E-state index in [2.05, 4.69) is 4.74 Å². The van der Waals surface area contributed by atoms with Gasteiger partial charge in [-0.05, 0) is 20.8 Å². The lowest BCUT2D eigenvalue weighted by molar-refractivity contribution is -0.176. The summed E-state index contributed by atoms with van der Waals surface area (Å²) in [6, 6.07) is 0. The molecule has 0 atom stereocenters. The Morgan fingerprint density at radius 2 is 1.73 bits per heavy atom. The number of ether oxygens (including phenoxy) is 1. The second-order valence-electron chi connectivity index (χ2n) is 3.26. The molecule has 0 spiro atoms. The molecule has 0 fully saturated rings. The largest absolute Gasteiger partial charge is 0.456 e. The van der Waals surface area contributed by atoms with Gasteiger partial charge < -0.3 is 4.74 Å². The zero-order chi connectivity index (χ0) is 12.2. The minimum atomic E-state index is -4.29. The summed E-state index contributed by atoms with van der Waals surface area (Å²) in [4.78, 5) is 11.0. The number of carbonyl (C=O) groups excluding carboxylic acids is 1. The number of allylic oxidation sites excluding steroid dienone is 1. The van der Waals surface area contributed by atoms with Gasteiger partial charge in [-0.2, -0.15) is 8.78 Å². The molecule has 0 aromatic heterocycles. The van der Waals surface area contributed by atoms with Gasteiger partial charge in [0.05, 0.1) is 0 Å². The SMILES string of the molecule is CC(C)=C(C)C(=O)OCC(F)(F)C(F)F. The Balaban J connectivity index is 4.31. The number of halogens is 4. The van der Waals surface area contributed by atoms with Crippen LogP contribution in [0.4, 0.5) is 17.6 Å². The molecule has 0 radical (unpaired) electrons. The maximum absolute atomic E-state index is 12.3. The Morgan fingerprint density at radius 3 is 2.07 bits per heavy atom. The summed E-state index contributed by atoms with van der Waals surface area (Å²) in [6.45, 7) is 2.94. The highest BCUT2D eigenvalue weighted by atomic mass is 19.3. The van der Waals surface area contributed by atoms with Crippen LogP contribution in [0, 0.1) is 0 Å². The van der Waals surface area contributed by atoms with Crippen LogP contribution in [-0.4, -0.2) is 24.9 Å². The van der Waals surface area contributed by atoms with Crippen molar-refractivity contribution in [3.63, 3.8) is 0 Å². The molecule has 0 heterocycles. The summed E-state index contributed by atoms with van der Waals surface area (Å²) in [6.07, 6.45) is -3.84. The van der Waals surface area contributed by atoms with Gasteiger partial charge in [-0.15, -0.1) is 0 Å². The molecular weight excluding hydrogens is 216 g/mol. The zero-order valence-electron chi connectivity index (χ0n) is 8.61. The molecule has 0 saturated carbocycles. The lowest BCUT2D eigenvalue weighted by atomic mass is 10.2. The van der Waals surface area contributed by atoms with Crippen molar-refractivity contribution in [2.45, 2.75) is 33.1 Å². The standard InChI is InChI=1S/C9H12F4O2/c1-5(2)6(3)7(14)15-4-9(12,13)8(10)11/h8H,4H2,1-3H3. The normalized spacial score (nSPS) is 11.5. The average molecular weight is 228 g/mol. The summed E-state index contributed by atoms with van der Waals surface area (Å²) in [5, 5.41) is 0. The minimum Gasteiger partial charge on any atom is -0.456 e. The molecule has 0 amide bonds. The molecule has 0 N–H and O–H groups in total. The number of rotatable bonds is 4. The molecule has 0 aromatic carbocycles. The number of hydrogen-bond donors (Lipinski definition) is 0. The van der Waals surface area contributed by atoms with Gasteiger partial charge in [0.15, 0.2) is 6.61 Å². The highest BCUT2D eigenvalue weighted by molar-refractivity contribution is 5.88. The summed E-state index contributed by atoms with van der Waals surface area (Å²) < 4.78 is 52.1. The van der Waals surface area contributed by atoms with E-state index in [-0.39, 0.29) is 5.57 Å². The monoisotopic (exact) mass is 228 g/mol. The third kappa shape index (κ3) is 4.31. The molecule has 0 aliphatic carbocycles. The first-order valence-corrected chi connectivity index (χ1v) is 4.15. The zero-order valence-corrected chi connectivity index (χ0v) is 8.61. The maximum Gasteiger partial charge on any atom is 0.340 e. The van der Waals surface area contributed by atoms with E-state index in [1.165, 1.54) is 6.92 Å². The van der Waals surface area contributed by atoms with Crippen molar-refractivity contribution in [3.05, 3.63) is 11.1 Å². The van der Waals surface area contributed by atoms with E-state index in [0.29, 0.717) is 5.57 Å². The predicted octanol–water partition coefficient (Wildman–Crippen LogP) is 2.79. The molecule has 0 aliphatic heterocycles. The second kappa shape index (κ2) is 5.14. The molecule has 0 unspecified atom stereocenters. The van der Waals surface area contributed by atoms with Gasteiger partial charge in [0.1, 0.15) is 0 Å². The Labute approximate surface area is 84.9 Å². The van der Waals surface area contributed by atoms with E-state index in [0.717, 1.165) is 0 Å². The van der Waals surface area contributed by atoms with Gasteiger partial charge in [-0.25, -0.2) is 13.6 Å². The molecule has 2 nitrogen and oxygen atoms in total. The second-order valence-corrected chi connectivity index (χ2v) is 3.26. The lowest BCUT2D eigenvalue weighted by Gasteiger charge is -2.15. The minimum absolute atomic E-state index is 0.139. The van der Waals surface area contributed by atoms with Crippen molar-refractivity contribution < 1.29 is 27.1 Å². The fourth-order valence-corrected chi connectivity index (χ4v) is 0.537. The van der Waals surface area contributed by atoms with Crippen LogP contribution in [-0.2, 0) is 9.53 Å². The number of hydrogen-bond acceptors (Lipinski definition) is 2. The van der Waals surface area contributed by atoms with E-state index in [4.69, 9.17) is 0 Å². The van der Waals surface area contributed by atoms with Crippen molar-refractivity contribution in [2.24, 2.45) is 0 Å². The highest BCUT2D eigenvalue weighted by Crippen LogP contribution is 2.23. The summed E-state index contributed by atoms with van der Waals surface area (Å²) in [5.41, 5.74) is 0.723. The quantitative estimate of drug-likeness (QED) is 0.420. The van der Waals surface area contributed by atoms with Crippen molar-refractivity contribution in [1.29, 1.82) is 0 Å². The molecule has 0 bridgehead atoms. The van der Waals surface area contributed by atoms with Crippen LogP contribution >= 0.6 is 0 Å². The lowest BCUT2D eigenvalue weighted by Crippen LogP contribution is -2.33. The third-order valence-corrected chi connectivity index (χ3v) is 1.77. The first kappa shape index (κ1) is 13.9. The molecule has 0 rings (SSSR count). The molecule has 0 aromatic rings. The van der Waals surface area contributed by atoms with Crippen molar-refractivity contribution in [3.8, 4) is 0 Å². The number of alkyl halides is 4. The summed E-state index contributed by atoms with van der Waals surface area (Å²) in [5.74, 6) is -5.30. The first-order valence-electron chi connectivity index (χ1n) is 4.15. The van der Waals surface area contributed by atoms with Crippen molar-refractivity contribution in [2.75, 3.05) is 6.61 Å². The van der Waals surface area contributed by atoms with Gasteiger partial charge >= 0.3 is 18.3 Å². The fourth-order valence-electron chi connectivity index (χ4n) is 0.537. The molecule has 6 heteroatoms. The molecule has 0 saturated heterocycles. The average Bonchev–Trinajstić information content (AvgIpc) is 2.12. The molecule has 0 aliphatic rings. The smallest absolute Gasteiger partial charge is 0.340 e.